The fraction of sp³-hybridized carbons (Fsp3) is 0.200. The Morgan fingerprint density at radius 2 is 1.83 bits per heavy atom. The first-order valence-corrected chi connectivity index (χ1v) is 14.1. The van der Waals surface area contributed by atoms with Crippen molar-refractivity contribution >= 4 is 34.8 Å². The summed E-state index contributed by atoms with van der Waals surface area (Å²) in [5.41, 5.74) is 4.06. The zero-order valence-corrected chi connectivity index (χ0v) is 23.9. The number of nitrogens with zero attached hydrogens (tertiary/aromatic N) is 6. The number of hydrogen-bond donors (Lipinski definition) is 2. The Kier molecular flexibility index (Phi) is 7.49. The van der Waals surface area contributed by atoms with Crippen LogP contribution < -0.4 is 10.9 Å². The minimum absolute atomic E-state index is 0.0495. The molecule has 10 nitrogen and oxygen atoms in total. The van der Waals surface area contributed by atoms with Crippen molar-refractivity contribution in [1.82, 2.24) is 29.5 Å². The van der Waals surface area contributed by atoms with Gasteiger partial charge >= 0.3 is 0 Å². The minimum Gasteiger partial charge on any atom is -0.508 e. The van der Waals surface area contributed by atoms with Gasteiger partial charge in [-0.05, 0) is 60.9 Å². The molecular formula is C30H25Cl2N7O3. The number of anilines is 1. The Hall–Kier alpha value is -4.54. The van der Waals surface area contributed by atoms with Gasteiger partial charge in [0.15, 0.2) is 5.15 Å². The van der Waals surface area contributed by atoms with Crippen molar-refractivity contribution in [1.29, 1.82) is 0 Å². The summed E-state index contributed by atoms with van der Waals surface area (Å²) in [7, 11) is 0. The molecule has 2 atom stereocenters. The number of nitrogens with one attached hydrogen (secondary N) is 1. The van der Waals surface area contributed by atoms with E-state index in [1.54, 1.807) is 47.3 Å². The number of halogens is 2. The number of aromatic nitrogens is 6. The SMILES string of the molecule is CC1CCCC(n2cnc(-c3cc(Cl)ccc3-n3cc(Cl)nn3)cc2=O)c2cc(ccn2)-c2ccc(O)cc2NC1=O. The largest absolute Gasteiger partial charge is 0.508 e. The zero-order valence-electron chi connectivity index (χ0n) is 22.4. The van der Waals surface area contributed by atoms with E-state index >= 15 is 0 Å². The van der Waals surface area contributed by atoms with Crippen molar-refractivity contribution in [2.75, 3.05) is 5.32 Å². The van der Waals surface area contributed by atoms with E-state index in [9.17, 15) is 14.7 Å². The average molecular weight is 602 g/mol. The van der Waals surface area contributed by atoms with E-state index in [1.807, 2.05) is 19.1 Å². The molecule has 2 aromatic carbocycles. The molecular weight excluding hydrogens is 577 g/mol. The Morgan fingerprint density at radius 1 is 0.976 bits per heavy atom. The number of carbonyl (C=O) groups is 1. The van der Waals surface area contributed by atoms with E-state index in [0.717, 1.165) is 11.1 Å². The first-order valence-electron chi connectivity index (χ1n) is 13.3. The molecule has 5 aromatic rings. The summed E-state index contributed by atoms with van der Waals surface area (Å²) in [6.45, 7) is 1.86. The summed E-state index contributed by atoms with van der Waals surface area (Å²) < 4.78 is 3.07. The molecule has 12 heteroatoms. The number of fused-ring (bicyclic) bond motifs is 4. The lowest BCUT2D eigenvalue weighted by atomic mass is 9.95. The van der Waals surface area contributed by atoms with Crippen molar-refractivity contribution in [3.8, 4) is 33.8 Å². The molecule has 2 unspecified atom stereocenters. The highest BCUT2D eigenvalue weighted by Crippen LogP contribution is 2.35. The maximum absolute atomic E-state index is 13.7. The Balaban J connectivity index is 1.44. The quantitative estimate of drug-likeness (QED) is 0.263. The number of aromatic hydroxyl groups is 1. The van der Waals surface area contributed by atoms with E-state index in [4.69, 9.17) is 23.2 Å². The van der Waals surface area contributed by atoms with Crippen molar-refractivity contribution in [2.45, 2.75) is 32.2 Å². The highest BCUT2D eigenvalue weighted by Gasteiger charge is 2.23. The first-order chi connectivity index (χ1) is 20.3. The summed E-state index contributed by atoms with van der Waals surface area (Å²) in [5.74, 6) is -0.369. The number of hydrogen-bond acceptors (Lipinski definition) is 7. The van der Waals surface area contributed by atoms with Crippen LogP contribution in [0.3, 0.4) is 0 Å². The standard InChI is InChI=1S/C30H25Cl2N7O3/c1-17-3-2-4-27(25-11-18(9-10-33-25)21-7-6-20(40)13-24(21)35-30(17)42)38-16-34-23(14-29(38)41)22-12-19(31)5-8-26(22)39-15-28(32)36-37-39/h5-17,27,40H,2-4H2,1H3,(H,35,42). The van der Waals surface area contributed by atoms with E-state index in [2.05, 4.69) is 25.6 Å². The van der Waals surface area contributed by atoms with E-state index in [-0.39, 0.29) is 28.3 Å². The summed E-state index contributed by atoms with van der Waals surface area (Å²) in [4.78, 5) is 35.9. The lowest BCUT2D eigenvalue weighted by Gasteiger charge is -2.23. The van der Waals surface area contributed by atoms with Gasteiger partial charge in [-0.2, -0.15) is 0 Å². The van der Waals surface area contributed by atoms with Gasteiger partial charge in [0.1, 0.15) is 5.75 Å². The lowest BCUT2D eigenvalue weighted by molar-refractivity contribution is -0.119. The molecule has 0 spiro atoms. The van der Waals surface area contributed by atoms with Crippen LogP contribution in [0.15, 0.2) is 78.1 Å². The maximum atomic E-state index is 13.7. The molecule has 0 saturated carbocycles. The molecule has 42 heavy (non-hydrogen) atoms. The van der Waals surface area contributed by atoms with Crippen LogP contribution in [-0.2, 0) is 4.79 Å². The van der Waals surface area contributed by atoms with Crippen LogP contribution in [0, 0.1) is 5.92 Å². The van der Waals surface area contributed by atoms with Gasteiger partial charge < -0.3 is 10.4 Å². The molecule has 0 fully saturated rings. The number of benzene rings is 2. The molecule has 4 heterocycles. The van der Waals surface area contributed by atoms with Gasteiger partial charge in [-0.1, -0.05) is 41.8 Å². The van der Waals surface area contributed by atoms with Crippen LogP contribution in [0.5, 0.6) is 5.75 Å². The summed E-state index contributed by atoms with van der Waals surface area (Å²) in [6.07, 6.45) is 6.58. The highest BCUT2D eigenvalue weighted by molar-refractivity contribution is 6.31. The van der Waals surface area contributed by atoms with Crippen LogP contribution in [0.4, 0.5) is 5.69 Å². The van der Waals surface area contributed by atoms with Gasteiger partial charge in [0.25, 0.3) is 5.56 Å². The monoisotopic (exact) mass is 601 g/mol. The van der Waals surface area contributed by atoms with Gasteiger partial charge in [-0.15, -0.1) is 5.10 Å². The van der Waals surface area contributed by atoms with Crippen molar-refractivity contribution in [2.24, 2.45) is 5.92 Å². The minimum atomic E-state index is -0.429. The second-order valence-electron chi connectivity index (χ2n) is 10.2. The summed E-state index contributed by atoms with van der Waals surface area (Å²) >= 11 is 12.3. The summed E-state index contributed by atoms with van der Waals surface area (Å²) in [5, 5.41) is 21.6. The van der Waals surface area contributed by atoms with Crippen LogP contribution in [0.1, 0.15) is 37.9 Å². The van der Waals surface area contributed by atoms with E-state index in [1.165, 1.54) is 23.1 Å². The first kappa shape index (κ1) is 27.6. The van der Waals surface area contributed by atoms with E-state index in [0.29, 0.717) is 52.6 Å². The molecule has 3 aromatic heterocycles. The fourth-order valence-corrected chi connectivity index (χ4v) is 5.48. The number of phenols is 1. The van der Waals surface area contributed by atoms with Crippen molar-refractivity contribution in [3.05, 3.63) is 99.5 Å². The highest BCUT2D eigenvalue weighted by atomic mass is 35.5. The van der Waals surface area contributed by atoms with Gasteiger partial charge in [-0.25, -0.2) is 9.67 Å². The second-order valence-corrected chi connectivity index (χ2v) is 11.0. The molecule has 0 saturated heterocycles. The molecule has 1 aliphatic rings. The number of rotatable bonds is 3. The molecule has 212 valence electrons. The van der Waals surface area contributed by atoms with Gasteiger partial charge in [0, 0.05) is 40.4 Å². The van der Waals surface area contributed by atoms with Crippen molar-refractivity contribution < 1.29 is 9.90 Å². The third-order valence-corrected chi connectivity index (χ3v) is 7.78. The van der Waals surface area contributed by atoms with Gasteiger partial charge in [0.2, 0.25) is 5.91 Å². The Labute approximate surface area is 250 Å². The molecule has 1 amide bonds. The predicted molar refractivity (Wildman–Crippen MR) is 160 cm³/mol. The molecule has 1 aliphatic heterocycles. The average Bonchev–Trinajstić information content (AvgIpc) is 3.41. The predicted octanol–water partition coefficient (Wildman–Crippen LogP) is 5.91. The van der Waals surface area contributed by atoms with Crippen LogP contribution in [0.25, 0.3) is 28.1 Å². The van der Waals surface area contributed by atoms with Crippen molar-refractivity contribution in [3.63, 3.8) is 0 Å². The summed E-state index contributed by atoms with van der Waals surface area (Å²) in [6, 6.07) is 14.8. The topological polar surface area (TPSA) is 128 Å². The number of phenolic OH excluding ortho intramolecular Hbond substituents is 1. The normalized spacial score (nSPS) is 17.1. The zero-order chi connectivity index (χ0) is 29.4. The molecule has 0 aliphatic carbocycles. The number of carbonyl (C=O) groups excluding carboxylic acids is 1. The van der Waals surface area contributed by atoms with Gasteiger partial charge in [-0.3, -0.25) is 19.1 Å². The van der Waals surface area contributed by atoms with Crippen LogP contribution in [0.2, 0.25) is 10.2 Å². The fourth-order valence-electron chi connectivity index (χ4n) is 5.19. The maximum Gasteiger partial charge on any atom is 0.254 e. The molecule has 2 N–H and O–H groups in total. The smallest absolute Gasteiger partial charge is 0.254 e. The van der Waals surface area contributed by atoms with Crippen LogP contribution in [-0.4, -0.2) is 40.5 Å². The lowest BCUT2D eigenvalue weighted by Crippen LogP contribution is -2.27. The molecule has 2 bridgehead atoms. The Bertz CT molecular complexity index is 1870. The van der Waals surface area contributed by atoms with Gasteiger partial charge in [0.05, 0.1) is 41.3 Å². The molecule has 0 radical (unpaired) electrons. The second kappa shape index (κ2) is 11.4. The number of amides is 1. The molecule has 6 rings (SSSR count). The number of pyridine rings is 1. The third-order valence-electron chi connectivity index (χ3n) is 7.38. The Morgan fingerprint density at radius 3 is 2.62 bits per heavy atom. The third kappa shape index (κ3) is 5.50. The van der Waals surface area contributed by atoms with E-state index < -0.39 is 6.04 Å². The van der Waals surface area contributed by atoms with Crippen LogP contribution >= 0.6 is 23.2 Å².